The third kappa shape index (κ3) is 3.96. The Kier molecular flexibility index (Phi) is 5.12. The number of fused-ring (bicyclic) bond motifs is 1. The molecule has 152 valence electrons. The van der Waals surface area contributed by atoms with Crippen molar-refractivity contribution in [1.82, 2.24) is 15.0 Å². The topological polar surface area (TPSA) is 59.8 Å². The first-order valence-electron chi connectivity index (χ1n) is 10.2. The molecule has 0 unspecified atom stereocenters. The molecular formula is C25H26N4O. The second-order valence-electron chi connectivity index (χ2n) is 8.22. The van der Waals surface area contributed by atoms with Crippen LogP contribution in [-0.4, -0.2) is 20.9 Å². The number of amides is 1. The van der Waals surface area contributed by atoms with Crippen molar-refractivity contribution in [1.29, 1.82) is 0 Å². The van der Waals surface area contributed by atoms with Crippen LogP contribution in [0.4, 0.5) is 5.69 Å². The monoisotopic (exact) mass is 398 g/mol. The molecule has 0 aliphatic heterocycles. The van der Waals surface area contributed by atoms with E-state index in [9.17, 15) is 4.79 Å². The lowest BCUT2D eigenvalue weighted by atomic mass is 10.0. The van der Waals surface area contributed by atoms with Crippen LogP contribution >= 0.6 is 0 Å². The lowest BCUT2D eigenvalue weighted by Crippen LogP contribution is -2.13. The van der Waals surface area contributed by atoms with Crippen LogP contribution in [-0.2, 0) is 0 Å². The van der Waals surface area contributed by atoms with Crippen molar-refractivity contribution in [3.63, 3.8) is 0 Å². The van der Waals surface area contributed by atoms with Crippen molar-refractivity contribution < 1.29 is 4.79 Å². The van der Waals surface area contributed by atoms with Crippen LogP contribution in [0.1, 0.15) is 52.4 Å². The number of benzene rings is 3. The van der Waals surface area contributed by atoms with Gasteiger partial charge in [0.15, 0.2) is 0 Å². The summed E-state index contributed by atoms with van der Waals surface area (Å²) in [6, 6.07) is 18.0. The van der Waals surface area contributed by atoms with Crippen molar-refractivity contribution >= 4 is 22.6 Å². The number of aryl methyl sites for hydroxylation is 3. The molecule has 30 heavy (non-hydrogen) atoms. The van der Waals surface area contributed by atoms with Gasteiger partial charge in [0.2, 0.25) is 0 Å². The summed E-state index contributed by atoms with van der Waals surface area (Å²) in [5.74, 6) is 0.357. The van der Waals surface area contributed by atoms with Crippen LogP contribution in [0.15, 0.2) is 54.6 Å². The van der Waals surface area contributed by atoms with Crippen molar-refractivity contribution in [2.24, 2.45) is 0 Å². The van der Waals surface area contributed by atoms with Gasteiger partial charge in [0.1, 0.15) is 11.0 Å². The van der Waals surface area contributed by atoms with Crippen LogP contribution in [0, 0.1) is 20.8 Å². The van der Waals surface area contributed by atoms with Gasteiger partial charge in [-0.2, -0.15) is 4.80 Å². The molecule has 1 heterocycles. The van der Waals surface area contributed by atoms with Gasteiger partial charge in [0, 0.05) is 11.3 Å². The predicted octanol–water partition coefficient (Wildman–Crippen LogP) is 5.72. The minimum absolute atomic E-state index is 0.124. The van der Waals surface area contributed by atoms with Crippen molar-refractivity contribution in [2.45, 2.75) is 40.5 Å². The molecule has 0 fully saturated rings. The molecule has 0 saturated heterocycles. The second-order valence-corrected chi connectivity index (χ2v) is 8.22. The highest BCUT2D eigenvalue weighted by molar-refractivity contribution is 6.05. The molecule has 0 aliphatic carbocycles. The Morgan fingerprint density at radius 2 is 1.47 bits per heavy atom. The highest BCUT2D eigenvalue weighted by atomic mass is 16.1. The van der Waals surface area contributed by atoms with Gasteiger partial charge in [-0.25, -0.2) is 0 Å². The molecule has 0 atom stereocenters. The third-order valence-electron chi connectivity index (χ3n) is 5.25. The number of rotatable bonds is 4. The van der Waals surface area contributed by atoms with Gasteiger partial charge in [-0.05, 0) is 74.2 Å². The van der Waals surface area contributed by atoms with Gasteiger partial charge in [0.25, 0.3) is 5.91 Å². The maximum Gasteiger partial charge on any atom is 0.255 e. The smallest absolute Gasteiger partial charge is 0.255 e. The number of hydrogen-bond acceptors (Lipinski definition) is 3. The van der Waals surface area contributed by atoms with Gasteiger partial charge >= 0.3 is 0 Å². The SMILES string of the molecule is Cc1cc(C)cc(C(=O)Nc2cc3nn(-c4ccc(C(C)C)cc4)nc3cc2C)c1. The molecule has 0 spiro atoms. The minimum Gasteiger partial charge on any atom is -0.322 e. The van der Waals surface area contributed by atoms with Crippen LogP contribution in [0.5, 0.6) is 0 Å². The van der Waals surface area contributed by atoms with Crippen LogP contribution in [0.3, 0.4) is 0 Å². The zero-order chi connectivity index (χ0) is 21.4. The first-order valence-corrected chi connectivity index (χ1v) is 10.2. The van der Waals surface area contributed by atoms with E-state index in [4.69, 9.17) is 0 Å². The summed E-state index contributed by atoms with van der Waals surface area (Å²) in [6.07, 6.45) is 0. The molecule has 1 amide bonds. The number of carbonyl (C=O) groups is 1. The normalized spacial score (nSPS) is 11.3. The molecular weight excluding hydrogens is 372 g/mol. The van der Waals surface area contributed by atoms with E-state index in [1.54, 1.807) is 4.80 Å². The van der Waals surface area contributed by atoms with Gasteiger partial charge in [-0.15, -0.1) is 10.2 Å². The fourth-order valence-electron chi connectivity index (χ4n) is 3.61. The van der Waals surface area contributed by atoms with E-state index in [0.717, 1.165) is 39.1 Å². The largest absolute Gasteiger partial charge is 0.322 e. The Hall–Kier alpha value is -3.47. The third-order valence-corrected chi connectivity index (χ3v) is 5.25. The van der Waals surface area contributed by atoms with Crippen molar-refractivity contribution in [2.75, 3.05) is 5.32 Å². The maximum absolute atomic E-state index is 12.8. The quantitative estimate of drug-likeness (QED) is 0.478. The van der Waals surface area contributed by atoms with Gasteiger partial charge < -0.3 is 5.32 Å². The van der Waals surface area contributed by atoms with E-state index < -0.39 is 0 Å². The average Bonchev–Trinajstić information content (AvgIpc) is 3.10. The lowest BCUT2D eigenvalue weighted by Gasteiger charge is -2.09. The number of nitrogens with zero attached hydrogens (tertiary/aromatic N) is 3. The fourth-order valence-corrected chi connectivity index (χ4v) is 3.61. The summed E-state index contributed by atoms with van der Waals surface area (Å²) >= 11 is 0. The molecule has 3 aromatic carbocycles. The van der Waals surface area contributed by atoms with E-state index in [0.29, 0.717) is 11.5 Å². The summed E-state index contributed by atoms with van der Waals surface area (Å²) < 4.78 is 0. The van der Waals surface area contributed by atoms with Crippen LogP contribution in [0.25, 0.3) is 16.7 Å². The average molecular weight is 399 g/mol. The predicted molar refractivity (Wildman–Crippen MR) is 122 cm³/mol. The molecule has 0 saturated carbocycles. The Morgan fingerprint density at radius 1 is 0.867 bits per heavy atom. The standard InChI is InChI=1S/C25H26N4O/c1-15(2)19-6-8-21(9-7-19)29-27-23-13-18(5)22(14-24(23)28-29)26-25(30)20-11-16(3)10-17(4)12-20/h6-15H,1-5H3,(H,26,30). The first kappa shape index (κ1) is 19.8. The molecule has 1 aromatic heterocycles. The highest BCUT2D eigenvalue weighted by Crippen LogP contribution is 2.24. The molecule has 5 nitrogen and oxygen atoms in total. The molecule has 5 heteroatoms. The maximum atomic E-state index is 12.8. The summed E-state index contributed by atoms with van der Waals surface area (Å²) in [6.45, 7) is 10.3. The van der Waals surface area contributed by atoms with Crippen LogP contribution < -0.4 is 5.32 Å². The number of hydrogen-bond donors (Lipinski definition) is 1. The first-order chi connectivity index (χ1) is 14.3. The van der Waals surface area contributed by atoms with Gasteiger partial charge in [-0.1, -0.05) is 43.2 Å². The van der Waals surface area contributed by atoms with E-state index in [1.165, 1.54) is 5.56 Å². The molecule has 4 aromatic rings. The van der Waals surface area contributed by atoms with Crippen LogP contribution in [0.2, 0.25) is 0 Å². The minimum atomic E-state index is -0.124. The summed E-state index contributed by atoms with van der Waals surface area (Å²) in [5.41, 5.74) is 8.21. The zero-order valence-corrected chi connectivity index (χ0v) is 18.0. The van der Waals surface area contributed by atoms with Crippen molar-refractivity contribution in [3.05, 3.63) is 82.4 Å². The second kappa shape index (κ2) is 7.75. The lowest BCUT2D eigenvalue weighted by molar-refractivity contribution is 0.102. The fraction of sp³-hybridized carbons (Fsp3) is 0.240. The number of anilines is 1. The Morgan fingerprint density at radius 3 is 2.07 bits per heavy atom. The summed E-state index contributed by atoms with van der Waals surface area (Å²) in [4.78, 5) is 14.4. The van der Waals surface area contributed by atoms with Gasteiger partial charge in [0.05, 0.1) is 5.69 Å². The Balaban J connectivity index is 1.64. The zero-order valence-electron chi connectivity index (χ0n) is 18.0. The highest BCUT2D eigenvalue weighted by Gasteiger charge is 2.13. The number of nitrogens with one attached hydrogen (secondary N) is 1. The van der Waals surface area contributed by atoms with Crippen molar-refractivity contribution in [3.8, 4) is 5.69 Å². The summed E-state index contributed by atoms with van der Waals surface area (Å²) in [7, 11) is 0. The van der Waals surface area contributed by atoms with E-state index in [1.807, 2.05) is 57.2 Å². The Bertz CT molecular complexity index is 1220. The summed E-state index contributed by atoms with van der Waals surface area (Å²) in [5, 5.41) is 12.3. The molecule has 1 N–H and O–H groups in total. The Labute approximate surface area is 176 Å². The number of aromatic nitrogens is 3. The molecule has 0 radical (unpaired) electrons. The molecule has 0 aliphatic rings. The van der Waals surface area contributed by atoms with Gasteiger partial charge in [-0.3, -0.25) is 4.79 Å². The molecule has 0 bridgehead atoms. The van der Waals surface area contributed by atoms with E-state index in [2.05, 4.69) is 47.6 Å². The number of carbonyl (C=O) groups excluding carboxylic acids is 1. The van der Waals surface area contributed by atoms with E-state index >= 15 is 0 Å². The molecule has 4 rings (SSSR count). The van der Waals surface area contributed by atoms with E-state index in [-0.39, 0.29) is 5.91 Å².